The maximum Gasteiger partial charge on any atom is 0.408 e. The lowest BCUT2D eigenvalue weighted by Crippen LogP contribution is -2.48. The summed E-state index contributed by atoms with van der Waals surface area (Å²) in [6, 6.07) is 5.44. The van der Waals surface area contributed by atoms with Gasteiger partial charge in [0, 0.05) is 25.5 Å². The minimum atomic E-state index is -4.47. The lowest BCUT2D eigenvalue weighted by Gasteiger charge is -2.28. The van der Waals surface area contributed by atoms with Gasteiger partial charge in [0.05, 0.1) is 28.8 Å². The number of amides is 2. The number of benzene rings is 1. The summed E-state index contributed by atoms with van der Waals surface area (Å²) in [6.07, 6.45) is -2.63. The van der Waals surface area contributed by atoms with Crippen LogP contribution in [0.2, 0.25) is 0 Å². The quantitative estimate of drug-likeness (QED) is 0.628. The predicted molar refractivity (Wildman–Crippen MR) is 119 cm³/mol. The van der Waals surface area contributed by atoms with Crippen molar-refractivity contribution in [3.63, 3.8) is 0 Å². The average Bonchev–Trinajstić information content (AvgIpc) is 3.46. The van der Waals surface area contributed by atoms with E-state index in [1.165, 1.54) is 4.90 Å². The van der Waals surface area contributed by atoms with Gasteiger partial charge in [-0.25, -0.2) is 4.98 Å². The highest BCUT2D eigenvalue weighted by atomic mass is 19.4. The zero-order valence-electron chi connectivity index (χ0n) is 18.7. The van der Waals surface area contributed by atoms with Crippen LogP contribution >= 0.6 is 0 Å². The number of likely N-dealkylation sites (tertiary alicyclic amines) is 1. The Hall–Kier alpha value is -3.63. The molecular formula is C23H23F3N6O2. The number of carbonyl (C=O) groups is 2. The van der Waals surface area contributed by atoms with Crippen molar-refractivity contribution in [1.29, 1.82) is 0 Å². The van der Waals surface area contributed by atoms with Crippen LogP contribution in [0.5, 0.6) is 0 Å². The van der Waals surface area contributed by atoms with E-state index in [-0.39, 0.29) is 32.0 Å². The number of hydrogen-bond acceptors (Lipinski definition) is 5. The smallest absolute Gasteiger partial charge is 0.354 e. The number of halogens is 3. The second kappa shape index (κ2) is 8.00. The van der Waals surface area contributed by atoms with E-state index >= 15 is 0 Å². The number of nitrogens with zero attached hydrogens (tertiary/aromatic N) is 5. The Morgan fingerprint density at radius 1 is 1.29 bits per heavy atom. The standard InChI is InChI=1S/C23H23F3N6O2/c1-13-16-9-15(10-27-21(16)30(2)29-13)28-17-6-3-5-14-11-31(22(34)20(14)17)12-19(33)32-8-4-7-18(32)23(24,25)26/h3,5-6,9-10,18,28H,4,7-8,11-12H2,1-2H3/t18-/m0/s1. The number of aromatic nitrogens is 3. The van der Waals surface area contributed by atoms with Crippen LogP contribution < -0.4 is 5.32 Å². The second-order valence-corrected chi connectivity index (χ2v) is 8.72. The molecule has 1 aromatic carbocycles. The van der Waals surface area contributed by atoms with E-state index in [4.69, 9.17) is 0 Å². The molecule has 1 saturated heterocycles. The lowest BCUT2D eigenvalue weighted by atomic mass is 10.1. The van der Waals surface area contributed by atoms with Gasteiger partial charge >= 0.3 is 6.18 Å². The Bertz CT molecular complexity index is 1300. The van der Waals surface area contributed by atoms with E-state index in [1.807, 2.05) is 20.0 Å². The van der Waals surface area contributed by atoms with Gasteiger partial charge in [-0.15, -0.1) is 0 Å². The van der Waals surface area contributed by atoms with Gasteiger partial charge in [0.25, 0.3) is 5.91 Å². The molecule has 0 aliphatic carbocycles. The number of alkyl halides is 3. The Kier molecular flexibility index (Phi) is 5.22. The van der Waals surface area contributed by atoms with Gasteiger partial charge < -0.3 is 15.1 Å². The molecule has 0 bridgehead atoms. The van der Waals surface area contributed by atoms with E-state index in [0.717, 1.165) is 21.6 Å². The molecule has 2 amide bonds. The Balaban J connectivity index is 1.36. The van der Waals surface area contributed by atoms with E-state index < -0.39 is 18.1 Å². The first-order valence-corrected chi connectivity index (χ1v) is 11.0. The van der Waals surface area contributed by atoms with Crippen LogP contribution in [0.3, 0.4) is 0 Å². The third-order valence-corrected chi connectivity index (χ3v) is 6.43. The van der Waals surface area contributed by atoms with Crippen LogP contribution in [0.4, 0.5) is 24.5 Å². The molecule has 8 nitrogen and oxygen atoms in total. The van der Waals surface area contributed by atoms with Gasteiger partial charge in [0.1, 0.15) is 12.6 Å². The second-order valence-electron chi connectivity index (χ2n) is 8.72. The summed E-state index contributed by atoms with van der Waals surface area (Å²) in [5.74, 6) is -1.07. The first-order chi connectivity index (χ1) is 16.1. The van der Waals surface area contributed by atoms with Crippen LogP contribution in [0.1, 0.15) is 34.5 Å². The normalized spacial score (nSPS) is 18.1. The van der Waals surface area contributed by atoms with Crippen molar-refractivity contribution in [3.05, 3.63) is 47.3 Å². The molecule has 178 valence electrons. The fourth-order valence-corrected chi connectivity index (χ4v) is 4.84. The highest BCUT2D eigenvalue weighted by molar-refractivity contribution is 6.05. The fourth-order valence-electron chi connectivity index (χ4n) is 4.84. The summed E-state index contributed by atoms with van der Waals surface area (Å²) in [7, 11) is 1.81. The van der Waals surface area contributed by atoms with Gasteiger partial charge in [0.2, 0.25) is 5.91 Å². The van der Waals surface area contributed by atoms with Crippen LogP contribution in [0.15, 0.2) is 30.5 Å². The van der Waals surface area contributed by atoms with Crippen molar-refractivity contribution in [1.82, 2.24) is 24.6 Å². The molecule has 0 saturated carbocycles. The van der Waals surface area contributed by atoms with Crippen molar-refractivity contribution in [2.24, 2.45) is 7.05 Å². The van der Waals surface area contributed by atoms with Gasteiger partial charge in [-0.05, 0) is 37.5 Å². The van der Waals surface area contributed by atoms with E-state index in [1.54, 1.807) is 29.1 Å². The van der Waals surface area contributed by atoms with Gasteiger partial charge in [-0.1, -0.05) is 12.1 Å². The molecule has 0 radical (unpaired) electrons. The molecule has 11 heteroatoms. The van der Waals surface area contributed by atoms with Gasteiger partial charge in [-0.3, -0.25) is 14.3 Å². The molecule has 2 aromatic heterocycles. The van der Waals surface area contributed by atoms with Crippen molar-refractivity contribution in [3.8, 4) is 0 Å². The predicted octanol–water partition coefficient (Wildman–Crippen LogP) is 3.53. The average molecular weight is 472 g/mol. The molecule has 4 heterocycles. The monoisotopic (exact) mass is 472 g/mol. The molecule has 3 aromatic rings. The number of pyridine rings is 1. The zero-order valence-corrected chi connectivity index (χ0v) is 18.7. The molecule has 2 aliphatic rings. The third kappa shape index (κ3) is 3.74. The summed E-state index contributed by atoms with van der Waals surface area (Å²) in [5, 5.41) is 8.46. The molecule has 2 aliphatic heterocycles. The molecule has 0 spiro atoms. The van der Waals surface area contributed by atoms with E-state index in [2.05, 4.69) is 15.4 Å². The van der Waals surface area contributed by atoms with Crippen molar-refractivity contribution < 1.29 is 22.8 Å². The number of nitrogens with one attached hydrogen (secondary N) is 1. The molecule has 1 N–H and O–H groups in total. The summed E-state index contributed by atoms with van der Waals surface area (Å²) in [6.45, 7) is 1.71. The molecule has 5 rings (SSSR count). The van der Waals surface area contributed by atoms with Crippen molar-refractivity contribution in [2.75, 3.05) is 18.4 Å². The minimum absolute atomic E-state index is 0.0496. The Morgan fingerprint density at radius 3 is 2.85 bits per heavy atom. The largest absolute Gasteiger partial charge is 0.408 e. The summed E-state index contributed by atoms with van der Waals surface area (Å²) >= 11 is 0. The van der Waals surface area contributed by atoms with Crippen LogP contribution in [0.25, 0.3) is 11.0 Å². The van der Waals surface area contributed by atoms with E-state index in [0.29, 0.717) is 28.9 Å². The number of carbonyl (C=O) groups excluding carboxylic acids is 2. The lowest BCUT2D eigenvalue weighted by molar-refractivity contribution is -0.182. The minimum Gasteiger partial charge on any atom is -0.354 e. The van der Waals surface area contributed by atoms with Crippen LogP contribution in [-0.4, -0.2) is 61.7 Å². The van der Waals surface area contributed by atoms with Gasteiger partial charge in [-0.2, -0.15) is 18.3 Å². The zero-order chi connectivity index (χ0) is 24.2. The number of hydrogen-bond donors (Lipinski definition) is 1. The molecular weight excluding hydrogens is 449 g/mol. The molecule has 34 heavy (non-hydrogen) atoms. The van der Waals surface area contributed by atoms with Crippen molar-refractivity contribution in [2.45, 2.75) is 38.5 Å². The number of anilines is 2. The SMILES string of the molecule is Cc1nn(C)c2ncc(Nc3cccc4c3C(=O)N(CC(=O)N3CCC[C@H]3C(F)(F)F)C4)cc12. The fraction of sp³-hybridized carbons (Fsp3) is 0.391. The molecule has 1 fully saturated rings. The maximum atomic E-state index is 13.3. The maximum absolute atomic E-state index is 13.3. The van der Waals surface area contributed by atoms with Crippen molar-refractivity contribution >= 4 is 34.2 Å². The first kappa shape index (κ1) is 22.2. The number of rotatable bonds is 4. The summed E-state index contributed by atoms with van der Waals surface area (Å²) < 4.78 is 41.5. The number of fused-ring (bicyclic) bond motifs is 2. The molecule has 1 atom stereocenters. The topological polar surface area (TPSA) is 83.4 Å². The first-order valence-electron chi connectivity index (χ1n) is 11.0. The Labute approximate surface area is 193 Å². The van der Waals surface area contributed by atoms with Crippen LogP contribution in [-0.2, 0) is 18.4 Å². The van der Waals surface area contributed by atoms with Crippen LogP contribution in [0, 0.1) is 6.92 Å². The summed E-state index contributed by atoms with van der Waals surface area (Å²) in [4.78, 5) is 32.5. The van der Waals surface area contributed by atoms with E-state index in [9.17, 15) is 22.8 Å². The molecule has 0 unspecified atom stereocenters. The highest BCUT2D eigenvalue weighted by Gasteiger charge is 2.48. The van der Waals surface area contributed by atoms with Gasteiger partial charge in [0.15, 0.2) is 5.65 Å². The Morgan fingerprint density at radius 2 is 2.09 bits per heavy atom. The summed E-state index contributed by atoms with van der Waals surface area (Å²) in [5.41, 5.74) is 3.90. The number of aryl methyl sites for hydroxylation is 2. The third-order valence-electron chi connectivity index (χ3n) is 6.43. The highest BCUT2D eigenvalue weighted by Crippen LogP contribution is 2.34.